The van der Waals surface area contributed by atoms with Crippen molar-refractivity contribution in [2.45, 2.75) is 33.2 Å². The summed E-state index contributed by atoms with van der Waals surface area (Å²) in [5, 5.41) is 7.66. The number of ether oxygens (including phenoxy) is 1. The number of nitrogens with one attached hydrogen (secondary N) is 1. The third kappa shape index (κ3) is 4.76. The Morgan fingerprint density at radius 3 is 2.89 bits per heavy atom. The number of hydrogen-bond donors (Lipinski definition) is 1. The van der Waals surface area contributed by atoms with Gasteiger partial charge in [0.25, 0.3) is 0 Å². The second kappa shape index (κ2) is 7.40. The number of hydrogen-bond acceptors (Lipinski definition) is 4. The second-order valence-corrected chi connectivity index (χ2v) is 5.42. The van der Waals surface area contributed by atoms with Crippen molar-refractivity contribution in [1.29, 1.82) is 0 Å². The van der Waals surface area contributed by atoms with Gasteiger partial charge in [-0.25, -0.2) is 9.67 Å². The zero-order valence-electron chi connectivity index (χ0n) is 12.5. The summed E-state index contributed by atoms with van der Waals surface area (Å²) in [4.78, 5) is 4.37. The van der Waals surface area contributed by atoms with Crippen molar-refractivity contribution >= 4 is 0 Å². The lowest BCUT2D eigenvalue weighted by Gasteiger charge is -2.26. The van der Waals surface area contributed by atoms with Gasteiger partial charge in [0.15, 0.2) is 0 Å². The summed E-state index contributed by atoms with van der Waals surface area (Å²) in [6, 6.07) is 0.327. The van der Waals surface area contributed by atoms with Crippen molar-refractivity contribution in [3.05, 3.63) is 24.8 Å². The van der Waals surface area contributed by atoms with Crippen LogP contribution in [0.1, 0.15) is 32.6 Å². The van der Waals surface area contributed by atoms with Crippen LogP contribution in [0.15, 0.2) is 19.0 Å². The molecule has 5 heteroatoms. The molecule has 1 heterocycles. The van der Waals surface area contributed by atoms with Crippen molar-refractivity contribution in [3.63, 3.8) is 0 Å². The van der Waals surface area contributed by atoms with Crippen LogP contribution in [0.2, 0.25) is 0 Å². The molecule has 0 radical (unpaired) electrons. The maximum absolute atomic E-state index is 5.03. The summed E-state index contributed by atoms with van der Waals surface area (Å²) >= 11 is 0. The van der Waals surface area contributed by atoms with Crippen LogP contribution in [0, 0.1) is 5.41 Å². The van der Waals surface area contributed by atoms with Gasteiger partial charge >= 0.3 is 0 Å². The zero-order chi connectivity index (χ0) is 14.3. The zero-order valence-corrected chi connectivity index (χ0v) is 12.5. The molecule has 0 fully saturated rings. The van der Waals surface area contributed by atoms with Crippen LogP contribution in [0.3, 0.4) is 0 Å². The Morgan fingerprint density at radius 1 is 1.58 bits per heavy atom. The molecular weight excluding hydrogens is 240 g/mol. The average molecular weight is 266 g/mol. The lowest BCUT2D eigenvalue weighted by Crippen LogP contribution is -2.34. The van der Waals surface area contributed by atoms with E-state index in [1.807, 2.05) is 10.8 Å². The molecule has 5 nitrogen and oxygen atoms in total. The van der Waals surface area contributed by atoms with Crippen molar-refractivity contribution in [1.82, 2.24) is 20.1 Å². The molecule has 0 aliphatic heterocycles. The van der Waals surface area contributed by atoms with Gasteiger partial charge in [-0.05, 0) is 13.8 Å². The largest absolute Gasteiger partial charge is 0.383 e. The van der Waals surface area contributed by atoms with E-state index >= 15 is 0 Å². The van der Waals surface area contributed by atoms with Crippen LogP contribution < -0.4 is 5.32 Å². The first-order valence-corrected chi connectivity index (χ1v) is 6.74. The molecule has 0 saturated heterocycles. The van der Waals surface area contributed by atoms with Crippen LogP contribution in [0.5, 0.6) is 0 Å². The predicted molar refractivity (Wildman–Crippen MR) is 77.2 cm³/mol. The van der Waals surface area contributed by atoms with E-state index in [9.17, 15) is 0 Å². The summed E-state index contributed by atoms with van der Waals surface area (Å²) in [7, 11) is 1.71. The summed E-state index contributed by atoms with van der Waals surface area (Å²) < 4.78 is 7.00. The van der Waals surface area contributed by atoms with Crippen molar-refractivity contribution in [3.8, 4) is 0 Å². The standard InChI is InChI=1S/C14H26N4O/c1-6-14(4,10-15-7-8-19-5)9-13-16-11-17-18(13)12(2)3/h6,11-12,15H,1,7-10H2,2-5H3. The van der Waals surface area contributed by atoms with Crippen LogP contribution >= 0.6 is 0 Å². The van der Waals surface area contributed by atoms with E-state index in [4.69, 9.17) is 4.74 Å². The first-order chi connectivity index (χ1) is 9.02. The van der Waals surface area contributed by atoms with E-state index in [1.54, 1.807) is 13.4 Å². The molecule has 0 aromatic carbocycles. The maximum atomic E-state index is 5.03. The molecule has 1 N–H and O–H groups in total. The van der Waals surface area contributed by atoms with E-state index in [1.165, 1.54) is 0 Å². The van der Waals surface area contributed by atoms with Gasteiger partial charge in [0, 0.05) is 38.1 Å². The van der Waals surface area contributed by atoms with Crippen molar-refractivity contribution < 1.29 is 4.74 Å². The molecule has 0 saturated carbocycles. The van der Waals surface area contributed by atoms with Gasteiger partial charge in [-0.15, -0.1) is 6.58 Å². The minimum absolute atomic E-state index is 0.0343. The highest BCUT2D eigenvalue weighted by Crippen LogP contribution is 2.23. The van der Waals surface area contributed by atoms with Crippen molar-refractivity contribution in [2.75, 3.05) is 26.8 Å². The van der Waals surface area contributed by atoms with Crippen LogP contribution in [-0.4, -0.2) is 41.6 Å². The molecule has 0 bridgehead atoms. The molecule has 108 valence electrons. The average Bonchev–Trinajstić information content (AvgIpc) is 2.83. The van der Waals surface area contributed by atoms with Crippen LogP contribution in [0.25, 0.3) is 0 Å². The highest BCUT2D eigenvalue weighted by molar-refractivity contribution is 5.02. The first-order valence-electron chi connectivity index (χ1n) is 6.74. The predicted octanol–water partition coefficient (Wildman–Crippen LogP) is 1.83. The summed E-state index contributed by atoms with van der Waals surface area (Å²) in [6.07, 6.45) is 4.44. The Labute approximate surface area is 116 Å². The number of methoxy groups -OCH3 is 1. The van der Waals surface area contributed by atoms with Gasteiger partial charge in [-0.3, -0.25) is 0 Å². The lowest BCUT2D eigenvalue weighted by molar-refractivity contribution is 0.195. The van der Waals surface area contributed by atoms with Gasteiger partial charge in [-0.2, -0.15) is 5.10 Å². The lowest BCUT2D eigenvalue weighted by atomic mass is 9.86. The Bertz CT molecular complexity index is 389. The third-order valence-electron chi connectivity index (χ3n) is 3.20. The van der Waals surface area contributed by atoms with E-state index < -0.39 is 0 Å². The molecule has 1 unspecified atom stereocenters. The Hall–Kier alpha value is -1.20. The fraction of sp³-hybridized carbons (Fsp3) is 0.714. The minimum atomic E-state index is -0.0343. The van der Waals surface area contributed by atoms with Gasteiger partial charge < -0.3 is 10.1 Å². The highest BCUT2D eigenvalue weighted by atomic mass is 16.5. The maximum Gasteiger partial charge on any atom is 0.138 e. The number of nitrogens with zero attached hydrogens (tertiary/aromatic N) is 3. The molecule has 1 atom stereocenters. The third-order valence-corrected chi connectivity index (χ3v) is 3.20. The second-order valence-electron chi connectivity index (χ2n) is 5.42. The smallest absolute Gasteiger partial charge is 0.138 e. The van der Waals surface area contributed by atoms with E-state index in [2.05, 4.69) is 42.7 Å². The topological polar surface area (TPSA) is 52.0 Å². The van der Waals surface area contributed by atoms with Gasteiger partial charge in [0.05, 0.1) is 6.61 Å². The van der Waals surface area contributed by atoms with Gasteiger partial charge in [0.2, 0.25) is 0 Å². The highest BCUT2D eigenvalue weighted by Gasteiger charge is 2.23. The van der Waals surface area contributed by atoms with Crippen LogP contribution in [0.4, 0.5) is 0 Å². The molecule has 19 heavy (non-hydrogen) atoms. The van der Waals surface area contributed by atoms with E-state index in [0.717, 1.165) is 31.9 Å². The Balaban J connectivity index is 2.63. The molecule has 1 rings (SSSR count). The first kappa shape index (κ1) is 15.9. The quantitative estimate of drug-likeness (QED) is 0.547. The van der Waals surface area contributed by atoms with Gasteiger partial charge in [-0.1, -0.05) is 13.0 Å². The normalized spacial score (nSPS) is 14.6. The van der Waals surface area contributed by atoms with Gasteiger partial charge in [0.1, 0.15) is 12.2 Å². The number of rotatable bonds is 9. The SMILES string of the molecule is C=CC(C)(CNCCOC)Cc1ncnn1C(C)C. The fourth-order valence-corrected chi connectivity index (χ4v) is 1.95. The van der Waals surface area contributed by atoms with E-state index in [0.29, 0.717) is 6.04 Å². The summed E-state index contributed by atoms with van der Waals surface area (Å²) in [5.74, 6) is 1.01. The summed E-state index contributed by atoms with van der Waals surface area (Å²) in [5.41, 5.74) is -0.0343. The molecular formula is C14H26N4O. The Morgan fingerprint density at radius 2 is 2.32 bits per heavy atom. The minimum Gasteiger partial charge on any atom is -0.383 e. The molecule has 0 spiro atoms. The Kier molecular flexibility index (Phi) is 6.18. The monoisotopic (exact) mass is 266 g/mol. The molecule has 0 amide bonds. The molecule has 1 aromatic heterocycles. The fourth-order valence-electron chi connectivity index (χ4n) is 1.95. The van der Waals surface area contributed by atoms with E-state index in [-0.39, 0.29) is 5.41 Å². The molecule has 0 aliphatic rings. The molecule has 0 aliphatic carbocycles. The molecule has 1 aromatic rings. The van der Waals surface area contributed by atoms with Crippen LogP contribution in [-0.2, 0) is 11.2 Å². The summed E-state index contributed by atoms with van der Waals surface area (Å²) in [6.45, 7) is 12.8. The van der Waals surface area contributed by atoms with Crippen molar-refractivity contribution in [2.24, 2.45) is 5.41 Å². The number of aromatic nitrogens is 3.